The topological polar surface area (TPSA) is 47.3 Å². The summed E-state index contributed by atoms with van der Waals surface area (Å²) in [5, 5.41) is 2.76. The molecular weight excluding hydrogens is 211 g/mol. The summed E-state index contributed by atoms with van der Waals surface area (Å²) in [5.74, 6) is -0.213. The van der Waals surface area contributed by atoms with Gasteiger partial charge in [-0.15, -0.1) is 0 Å². The van der Waals surface area contributed by atoms with Crippen LogP contribution < -0.4 is 10.1 Å². The number of oxazole rings is 1. The molecule has 2 aromatic rings. The normalized spacial score (nSPS) is 10.2. The number of aromatic nitrogens is 1. The molecule has 0 unspecified atom stereocenters. The van der Waals surface area contributed by atoms with E-state index in [0.29, 0.717) is 17.3 Å². The summed E-state index contributed by atoms with van der Waals surface area (Å²) in [4.78, 5) is 4.11. The smallest absolute Gasteiger partial charge is 0.294 e. The molecule has 0 saturated carbocycles. The molecule has 0 aliphatic rings. The van der Waals surface area contributed by atoms with E-state index in [-0.39, 0.29) is 5.75 Å². The van der Waals surface area contributed by atoms with E-state index in [4.69, 9.17) is 9.15 Å². The van der Waals surface area contributed by atoms with E-state index in [2.05, 4.69) is 10.3 Å². The van der Waals surface area contributed by atoms with Crippen molar-refractivity contribution in [2.75, 3.05) is 19.5 Å². The third-order valence-corrected chi connectivity index (χ3v) is 2.17. The molecule has 2 rings (SSSR count). The van der Waals surface area contributed by atoms with Crippen molar-refractivity contribution in [3.8, 4) is 17.0 Å². The largest absolute Gasteiger partial charge is 0.494 e. The van der Waals surface area contributed by atoms with Gasteiger partial charge in [0.1, 0.15) is 12.0 Å². The molecule has 0 atom stereocenters. The van der Waals surface area contributed by atoms with E-state index in [1.54, 1.807) is 19.2 Å². The third kappa shape index (κ3) is 1.84. The summed E-state index contributed by atoms with van der Waals surface area (Å²) in [5.41, 5.74) is 1.22. The van der Waals surface area contributed by atoms with Gasteiger partial charge < -0.3 is 14.5 Å². The number of hydrogen-bond acceptors (Lipinski definition) is 4. The lowest BCUT2D eigenvalue weighted by atomic mass is 10.1. The van der Waals surface area contributed by atoms with Crippen molar-refractivity contribution in [1.82, 2.24) is 4.98 Å². The van der Waals surface area contributed by atoms with E-state index in [1.165, 1.54) is 19.4 Å². The molecule has 1 N–H and O–H groups in total. The number of halogens is 1. The van der Waals surface area contributed by atoms with Gasteiger partial charge in [0.15, 0.2) is 11.6 Å². The van der Waals surface area contributed by atoms with Crippen molar-refractivity contribution in [2.45, 2.75) is 0 Å². The van der Waals surface area contributed by atoms with Gasteiger partial charge in [-0.3, -0.25) is 0 Å². The fraction of sp³-hybridized carbons (Fsp3) is 0.182. The first-order valence-corrected chi connectivity index (χ1v) is 4.72. The summed E-state index contributed by atoms with van der Waals surface area (Å²) in [6.07, 6.45) is 1.47. The molecule has 5 heteroatoms. The van der Waals surface area contributed by atoms with Crippen molar-refractivity contribution < 1.29 is 13.5 Å². The Bertz CT molecular complexity index is 496. The number of nitrogens with zero attached hydrogens (tertiary/aromatic N) is 1. The predicted octanol–water partition coefficient (Wildman–Crippen LogP) is 2.53. The average Bonchev–Trinajstić information content (AvgIpc) is 2.77. The van der Waals surface area contributed by atoms with Gasteiger partial charge in [0.25, 0.3) is 6.01 Å². The van der Waals surface area contributed by atoms with E-state index in [1.807, 2.05) is 0 Å². The van der Waals surface area contributed by atoms with Crippen LogP contribution in [0.25, 0.3) is 11.3 Å². The van der Waals surface area contributed by atoms with E-state index in [9.17, 15) is 4.39 Å². The van der Waals surface area contributed by atoms with Gasteiger partial charge in [-0.25, -0.2) is 4.39 Å². The molecule has 0 amide bonds. The van der Waals surface area contributed by atoms with Gasteiger partial charge in [-0.05, 0) is 18.2 Å². The maximum absolute atomic E-state index is 13.4. The molecule has 1 heterocycles. The molecule has 0 saturated heterocycles. The summed E-state index contributed by atoms with van der Waals surface area (Å²) in [6, 6.07) is 5.03. The lowest BCUT2D eigenvalue weighted by Crippen LogP contribution is -1.89. The fourth-order valence-electron chi connectivity index (χ4n) is 1.35. The number of nitrogens with one attached hydrogen (secondary N) is 1. The highest BCUT2D eigenvalue weighted by molar-refractivity contribution is 5.60. The van der Waals surface area contributed by atoms with E-state index < -0.39 is 5.82 Å². The van der Waals surface area contributed by atoms with Crippen molar-refractivity contribution in [1.29, 1.82) is 0 Å². The monoisotopic (exact) mass is 222 g/mol. The SMILES string of the molecule is CNc1nc(-c2ccc(OC)c(F)c2)co1. The second-order valence-electron chi connectivity index (χ2n) is 3.14. The maximum Gasteiger partial charge on any atom is 0.294 e. The van der Waals surface area contributed by atoms with Crippen molar-refractivity contribution in [3.63, 3.8) is 0 Å². The Kier molecular flexibility index (Phi) is 2.76. The molecule has 1 aromatic heterocycles. The van der Waals surface area contributed by atoms with Crippen LogP contribution >= 0.6 is 0 Å². The molecule has 16 heavy (non-hydrogen) atoms. The zero-order valence-corrected chi connectivity index (χ0v) is 8.95. The minimum absolute atomic E-state index is 0.209. The van der Waals surface area contributed by atoms with Crippen LogP contribution in [0.4, 0.5) is 10.4 Å². The maximum atomic E-state index is 13.4. The Balaban J connectivity index is 2.37. The Labute approximate surface area is 92.1 Å². The van der Waals surface area contributed by atoms with Crippen LogP contribution in [-0.4, -0.2) is 19.1 Å². The molecule has 0 spiro atoms. The van der Waals surface area contributed by atoms with Gasteiger partial charge in [-0.1, -0.05) is 0 Å². The zero-order valence-electron chi connectivity index (χ0n) is 8.95. The molecule has 0 aliphatic carbocycles. The number of benzene rings is 1. The van der Waals surface area contributed by atoms with Crippen LogP contribution in [0.1, 0.15) is 0 Å². The first-order valence-electron chi connectivity index (χ1n) is 4.72. The van der Waals surface area contributed by atoms with Crippen LogP contribution in [0.5, 0.6) is 5.75 Å². The molecule has 0 bridgehead atoms. The first-order chi connectivity index (χ1) is 7.74. The number of rotatable bonds is 3. The number of methoxy groups -OCH3 is 1. The molecule has 0 fully saturated rings. The lowest BCUT2D eigenvalue weighted by molar-refractivity contribution is 0.386. The quantitative estimate of drug-likeness (QED) is 0.866. The number of anilines is 1. The Morgan fingerprint density at radius 2 is 2.25 bits per heavy atom. The number of ether oxygens (including phenoxy) is 1. The molecule has 4 nitrogen and oxygen atoms in total. The molecule has 0 radical (unpaired) electrons. The van der Waals surface area contributed by atoms with Crippen LogP contribution in [0.3, 0.4) is 0 Å². The van der Waals surface area contributed by atoms with Gasteiger partial charge in [-0.2, -0.15) is 4.98 Å². The second-order valence-corrected chi connectivity index (χ2v) is 3.14. The Morgan fingerprint density at radius 1 is 1.44 bits per heavy atom. The van der Waals surface area contributed by atoms with Crippen molar-refractivity contribution >= 4 is 6.01 Å². The molecule has 0 aliphatic heterocycles. The van der Waals surface area contributed by atoms with Gasteiger partial charge in [0, 0.05) is 12.6 Å². The van der Waals surface area contributed by atoms with Crippen LogP contribution in [0.2, 0.25) is 0 Å². The molecular formula is C11H11FN2O2. The fourth-order valence-corrected chi connectivity index (χ4v) is 1.35. The predicted molar refractivity (Wildman–Crippen MR) is 58.0 cm³/mol. The molecule has 84 valence electrons. The third-order valence-electron chi connectivity index (χ3n) is 2.17. The average molecular weight is 222 g/mol. The highest BCUT2D eigenvalue weighted by atomic mass is 19.1. The van der Waals surface area contributed by atoms with Gasteiger partial charge in [0.05, 0.1) is 7.11 Å². The van der Waals surface area contributed by atoms with Crippen LogP contribution in [0, 0.1) is 5.82 Å². The highest BCUT2D eigenvalue weighted by Gasteiger charge is 2.08. The minimum Gasteiger partial charge on any atom is -0.494 e. The minimum atomic E-state index is -0.422. The van der Waals surface area contributed by atoms with E-state index >= 15 is 0 Å². The number of hydrogen-bond donors (Lipinski definition) is 1. The standard InChI is InChI=1S/C11H11FN2O2/c1-13-11-14-9(6-16-11)7-3-4-10(15-2)8(12)5-7/h3-6H,1-2H3,(H,13,14). The van der Waals surface area contributed by atoms with Gasteiger partial charge >= 0.3 is 0 Å². The molecule has 1 aromatic carbocycles. The zero-order chi connectivity index (χ0) is 11.5. The summed E-state index contributed by atoms with van der Waals surface area (Å²) < 4.78 is 23.3. The lowest BCUT2D eigenvalue weighted by Gasteiger charge is -2.02. The van der Waals surface area contributed by atoms with Crippen LogP contribution in [-0.2, 0) is 0 Å². The van der Waals surface area contributed by atoms with Crippen molar-refractivity contribution in [2.24, 2.45) is 0 Å². The Hall–Kier alpha value is -2.04. The van der Waals surface area contributed by atoms with Crippen LogP contribution in [0.15, 0.2) is 28.9 Å². The summed E-state index contributed by atoms with van der Waals surface area (Å²) in [6.45, 7) is 0. The van der Waals surface area contributed by atoms with Crippen molar-refractivity contribution in [3.05, 3.63) is 30.3 Å². The second kappa shape index (κ2) is 4.22. The summed E-state index contributed by atoms with van der Waals surface area (Å²) in [7, 11) is 3.12. The Morgan fingerprint density at radius 3 is 2.81 bits per heavy atom. The first kappa shape index (κ1) is 10.5. The van der Waals surface area contributed by atoms with Gasteiger partial charge in [0.2, 0.25) is 0 Å². The highest BCUT2D eigenvalue weighted by Crippen LogP contribution is 2.25. The summed E-state index contributed by atoms with van der Waals surface area (Å²) >= 11 is 0. The van der Waals surface area contributed by atoms with E-state index in [0.717, 1.165) is 0 Å².